The Bertz CT molecular complexity index is 449. The molecule has 6 heteroatoms. The van der Waals surface area contributed by atoms with E-state index >= 15 is 0 Å². The van der Waals surface area contributed by atoms with Crippen LogP contribution in [-0.4, -0.2) is 37.3 Å². The lowest BCUT2D eigenvalue weighted by molar-refractivity contribution is -0.0124. The van der Waals surface area contributed by atoms with Gasteiger partial charge in [0.15, 0.2) is 11.5 Å². The molecule has 1 aliphatic heterocycles. The summed E-state index contributed by atoms with van der Waals surface area (Å²) in [6.07, 6.45) is -0.608. The highest BCUT2D eigenvalue weighted by molar-refractivity contribution is 5.51. The third-order valence-corrected chi connectivity index (χ3v) is 2.83. The first-order chi connectivity index (χ1) is 9.60. The van der Waals surface area contributed by atoms with Crippen LogP contribution in [0.3, 0.4) is 0 Å². The molecule has 0 saturated carbocycles. The van der Waals surface area contributed by atoms with Crippen LogP contribution in [0, 0.1) is 0 Å². The molecule has 0 amide bonds. The highest BCUT2D eigenvalue weighted by Crippen LogP contribution is 2.38. The van der Waals surface area contributed by atoms with Crippen LogP contribution >= 0.6 is 0 Å². The molecular formula is C14H21NO5. The summed E-state index contributed by atoms with van der Waals surface area (Å²) < 4.78 is 21.5. The Morgan fingerprint density at radius 3 is 2.60 bits per heavy atom. The van der Waals surface area contributed by atoms with Crippen molar-refractivity contribution in [2.24, 2.45) is 5.73 Å². The van der Waals surface area contributed by atoms with E-state index in [0.29, 0.717) is 23.8 Å². The Morgan fingerprint density at radius 1 is 1.25 bits per heavy atom. The number of hydrogen-bond acceptors (Lipinski definition) is 6. The van der Waals surface area contributed by atoms with Gasteiger partial charge in [-0.2, -0.15) is 0 Å². The number of ether oxygens (including phenoxy) is 4. The first-order valence-electron chi connectivity index (χ1n) is 6.65. The van der Waals surface area contributed by atoms with Gasteiger partial charge in [0.2, 0.25) is 6.79 Å². The van der Waals surface area contributed by atoms with Crippen molar-refractivity contribution >= 4 is 0 Å². The van der Waals surface area contributed by atoms with E-state index in [-0.39, 0.29) is 26.1 Å². The number of aliphatic hydroxyl groups excluding tert-OH is 1. The fourth-order valence-corrected chi connectivity index (χ4v) is 1.80. The van der Waals surface area contributed by atoms with Crippen molar-refractivity contribution in [1.29, 1.82) is 0 Å². The minimum Gasteiger partial charge on any atom is -0.490 e. The number of rotatable bonds is 7. The lowest BCUT2D eigenvalue weighted by Crippen LogP contribution is -2.25. The molecular weight excluding hydrogens is 262 g/mol. The Kier molecular flexibility index (Phi) is 5.05. The Balaban J connectivity index is 1.95. The van der Waals surface area contributed by atoms with Crippen LogP contribution in [0.2, 0.25) is 0 Å². The third-order valence-electron chi connectivity index (χ3n) is 2.83. The molecule has 0 bridgehead atoms. The lowest BCUT2D eigenvalue weighted by Gasteiger charge is -2.16. The molecule has 1 aliphatic rings. The highest BCUT2D eigenvalue weighted by atomic mass is 16.7. The zero-order chi connectivity index (χ0) is 14.5. The molecule has 0 fully saturated rings. The standard InChI is InChI=1S/C14H21NO5/c1-9(2)17-6-11(16)7-18-12-4-14-13(19-8-20-14)3-10(12)5-15/h3-4,9,11,16H,5-8,15H2,1-2H3. The summed E-state index contributed by atoms with van der Waals surface area (Å²) in [4.78, 5) is 0. The third kappa shape index (κ3) is 3.75. The summed E-state index contributed by atoms with van der Waals surface area (Å²) in [7, 11) is 0. The highest BCUT2D eigenvalue weighted by Gasteiger charge is 2.18. The summed E-state index contributed by atoms with van der Waals surface area (Å²) in [6.45, 7) is 4.73. The van der Waals surface area contributed by atoms with Crippen LogP contribution in [0.15, 0.2) is 12.1 Å². The van der Waals surface area contributed by atoms with E-state index in [4.69, 9.17) is 24.7 Å². The molecule has 0 radical (unpaired) electrons. The van der Waals surface area contributed by atoms with Gasteiger partial charge in [-0.05, 0) is 19.9 Å². The fraction of sp³-hybridized carbons (Fsp3) is 0.571. The molecule has 0 spiro atoms. The molecule has 112 valence electrons. The van der Waals surface area contributed by atoms with Gasteiger partial charge in [-0.1, -0.05) is 0 Å². The summed E-state index contributed by atoms with van der Waals surface area (Å²) in [6, 6.07) is 3.54. The average molecular weight is 283 g/mol. The summed E-state index contributed by atoms with van der Waals surface area (Å²) in [5, 5.41) is 9.78. The first-order valence-corrected chi connectivity index (χ1v) is 6.65. The number of fused-ring (bicyclic) bond motifs is 1. The Labute approximate surface area is 118 Å². The SMILES string of the molecule is CC(C)OCC(O)COc1cc2c(cc1CN)OCO2. The quantitative estimate of drug-likeness (QED) is 0.778. The molecule has 0 aliphatic carbocycles. The van der Waals surface area contributed by atoms with Crippen LogP contribution in [-0.2, 0) is 11.3 Å². The van der Waals surface area contributed by atoms with Crippen molar-refractivity contribution in [3.63, 3.8) is 0 Å². The van der Waals surface area contributed by atoms with E-state index in [1.165, 1.54) is 0 Å². The monoisotopic (exact) mass is 283 g/mol. The van der Waals surface area contributed by atoms with Gasteiger partial charge in [-0.3, -0.25) is 0 Å². The van der Waals surface area contributed by atoms with Crippen LogP contribution in [0.1, 0.15) is 19.4 Å². The van der Waals surface area contributed by atoms with Crippen molar-refractivity contribution in [2.45, 2.75) is 32.6 Å². The van der Waals surface area contributed by atoms with Gasteiger partial charge in [-0.25, -0.2) is 0 Å². The molecule has 6 nitrogen and oxygen atoms in total. The Hall–Kier alpha value is -1.50. The first kappa shape index (κ1) is 14.9. The van der Waals surface area contributed by atoms with Crippen molar-refractivity contribution in [3.05, 3.63) is 17.7 Å². The van der Waals surface area contributed by atoms with E-state index < -0.39 is 6.10 Å². The number of hydrogen-bond donors (Lipinski definition) is 2. The summed E-state index contributed by atoms with van der Waals surface area (Å²) in [5.74, 6) is 1.90. The minimum absolute atomic E-state index is 0.0785. The molecule has 1 atom stereocenters. The van der Waals surface area contributed by atoms with E-state index in [9.17, 15) is 5.11 Å². The molecule has 2 rings (SSSR count). The predicted octanol–water partition coefficient (Wildman–Crippen LogP) is 1.04. The van der Waals surface area contributed by atoms with Gasteiger partial charge in [0.05, 0.1) is 12.7 Å². The minimum atomic E-state index is -0.687. The van der Waals surface area contributed by atoms with E-state index in [1.807, 2.05) is 13.8 Å². The second-order valence-corrected chi connectivity index (χ2v) is 4.86. The molecule has 0 aromatic heterocycles. The fourth-order valence-electron chi connectivity index (χ4n) is 1.80. The van der Waals surface area contributed by atoms with E-state index in [0.717, 1.165) is 5.56 Å². The number of benzene rings is 1. The Morgan fingerprint density at radius 2 is 1.95 bits per heavy atom. The zero-order valence-electron chi connectivity index (χ0n) is 11.8. The summed E-state index contributed by atoms with van der Waals surface area (Å²) >= 11 is 0. The molecule has 1 aromatic carbocycles. The topological polar surface area (TPSA) is 83.2 Å². The number of aliphatic hydroxyl groups is 1. The second kappa shape index (κ2) is 6.78. The lowest BCUT2D eigenvalue weighted by atomic mass is 10.2. The second-order valence-electron chi connectivity index (χ2n) is 4.86. The normalized spacial score (nSPS) is 14.7. The molecule has 0 saturated heterocycles. The molecule has 1 heterocycles. The molecule has 1 aromatic rings. The van der Waals surface area contributed by atoms with Crippen LogP contribution in [0.25, 0.3) is 0 Å². The van der Waals surface area contributed by atoms with Gasteiger partial charge >= 0.3 is 0 Å². The van der Waals surface area contributed by atoms with Crippen LogP contribution in [0.5, 0.6) is 17.2 Å². The van der Waals surface area contributed by atoms with Gasteiger partial charge in [0, 0.05) is 18.2 Å². The maximum Gasteiger partial charge on any atom is 0.231 e. The predicted molar refractivity (Wildman–Crippen MR) is 73.0 cm³/mol. The summed E-state index contributed by atoms with van der Waals surface area (Å²) in [5.41, 5.74) is 6.50. The maximum atomic E-state index is 9.78. The van der Waals surface area contributed by atoms with Crippen LogP contribution in [0.4, 0.5) is 0 Å². The zero-order valence-corrected chi connectivity index (χ0v) is 11.8. The van der Waals surface area contributed by atoms with E-state index in [1.54, 1.807) is 12.1 Å². The van der Waals surface area contributed by atoms with Crippen molar-refractivity contribution in [2.75, 3.05) is 20.0 Å². The molecule has 1 unspecified atom stereocenters. The van der Waals surface area contributed by atoms with Gasteiger partial charge in [0.1, 0.15) is 18.5 Å². The van der Waals surface area contributed by atoms with Crippen molar-refractivity contribution in [3.8, 4) is 17.2 Å². The van der Waals surface area contributed by atoms with Crippen molar-refractivity contribution in [1.82, 2.24) is 0 Å². The van der Waals surface area contributed by atoms with Gasteiger partial charge < -0.3 is 29.8 Å². The van der Waals surface area contributed by atoms with Gasteiger partial charge in [0.25, 0.3) is 0 Å². The molecule has 3 N–H and O–H groups in total. The average Bonchev–Trinajstić information content (AvgIpc) is 2.88. The number of nitrogens with two attached hydrogens (primary N) is 1. The van der Waals surface area contributed by atoms with Crippen molar-refractivity contribution < 1.29 is 24.1 Å². The largest absolute Gasteiger partial charge is 0.490 e. The maximum absolute atomic E-state index is 9.78. The van der Waals surface area contributed by atoms with Gasteiger partial charge in [-0.15, -0.1) is 0 Å². The van der Waals surface area contributed by atoms with E-state index in [2.05, 4.69) is 0 Å². The van der Waals surface area contributed by atoms with Crippen LogP contribution < -0.4 is 19.9 Å². The molecule has 20 heavy (non-hydrogen) atoms. The smallest absolute Gasteiger partial charge is 0.231 e.